The lowest BCUT2D eigenvalue weighted by Crippen LogP contribution is -2.23. The Morgan fingerprint density at radius 1 is 1.38 bits per heavy atom. The van der Waals surface area contributed by atoms with Crippen molar-refractivity contribution in [2.24, 2.45) is 0 Å². The van der Waals surface area contributed by atoms with Gasteiger partial charge in [-0.3, -0.25) is 4.79 Å². The summed E-state index contributed by atoms with van der Waals surface area (Å²) in [6.07, 6.45) is 0. The van der Waals surface area contributed by atoms with Gasteiger partial charge in [-0.05, 0) is 30.8 Å². The van der Waals surface area contributed by atoms with Gasteiger partial charge in [-0.25, -0.2) is 0 Å². The van der Waals surface area contributed by atoms with Gasteiger partial charge in [0.15, 0.2) is 0 Å². The molecule has 0 bridgehead atoms. The summed E-state index contributed by atoms with van der Waals surface area (Å²) in [4.78, 5) is 11.4. The van der Waals surface area contributed by atoms with Crippen molar-refractivity contribution < 1.29 is 18.0 Å². The monoisotopic (exact) mass is 249 g/mol. The van der Waals surface area contributed by atoms with E-state index in [1.165, 1.54) is 24.3 Å². The number of alkyl halides is 3. The average Bonchev–Trinajstić information content (AvgIpc) is 2.16. The Labute approximate surface area is 95.2 Å². The van der Waals surface area contributed by atoms with Crippen LogP contribution in [0.5, 0.6) is 0 Å². The number of carbonyl (C=O) groups is 1. The van der Waals surface area contributed by atoms with Gasteiger partial charge in [0.05, 0.1) is 5.56 Å². The van der Waals surface area contributed by atoms with Crippen molar-refractivity contribution in [2.45, 2.75) is 17.3 Å². The highest BCUT2D eigenvalue weighted by Gasteiger charge is 2.31. The molecule has 0 aliphatic rings. The van der Waals surface area contributed by atoms with Crippen LogP contribution >= 0.6 is 11.8 Å². The van der Waals surface area contributed by atoms with E-state index >= 15 is 0 Å². The van der Waals surface area contributed by atoms with Crippen molar-refractivity contribution in [3.8, 4) is 0 Å². The number of amides is 1. The first-order valence-electron chi connectivity index (χ1n) is 4.57. The van der Waals surface area contributed by atoms with Gasteiger partial charge < -0.3 is 5.32 Å². The zero-order chi connectivity index (χ0) is 12.2. The van der Waals surface area contributed by atoms with Gasteiger partial charge in [0.1, 0.15) is 0 Å². The summed E-state index contributed by atoms with van der Waals surface area (Å²) >= 11 is -0.279. The van der Waals surface area contributed by atoms with E-state index < -0.39 is 11.4 Å². The Balaban J connectivity index is 2.96. The molecule has 1 N–H and O–H groups in total. The van der Waals surface area contributed by atoms with Crippen LogP contribution < -0.4 is 5.32 Å². The Kier molecular flexibility index (Phi) is 4.23. The molecule has 0 radical (unpaired) electrons. The van der Waals surface area contributed by atoms with E-state index in [4.69, 9.17) is 0 Å². The van der Waals surface area contributed by atoms with Crippen LogP contribution in [0.1, 0.15) is 17.3 Å². The molecule has 0 aliphatic carbocycles. The molecular formula is C10H10F3NOS. The maximum atomic E-state index is 12.2. The number of hydrogen-bond acceptors (Lipinski definition) is 2. The molecule has 6 heteroatoms. The van der Waals surface area contributed by atoms with E-state index in [-0.39, 0.29) is 22.2 Å². The Morgan fingerprint density at radius 2 is 2.00 bits per heavy atom. The molecule has 0 saturated carbocycles. The van der Waals surface area contributed by atoms with Crippen molar-refractivity contribution >= 4 is 17.7 Å². The topological polar surface area (TPSA) is 29.1 Å². The summed E-state index contributed by atoms with van der Waals surface area (Å²) in [7, 11) is 0. The molecule has 0 atom stereocenters. The molecule has 16 heavy (non-hydrogen) atoms. The number of nitrogens with one attached hydrogen (secondary N) is 1. The largest absolute Gasteiger partial charge is 0.446 e. The Morgan fingerprint density at radius 3 is 2.56 bits per heavy atom. The third-order valence-corrected chi connectivity index (χ3v) is 2.50. The van der Waals surface area contributed by atoms with E-state index in [0.717, 1.165) is 0 Å². The molecule has 1 rings (SSSR count). The first kappa shape index (κ1) is 12.9. The molecule has 88 valence electrons. The molecule has 0 spiro atoms. The fraction of sp³-hybridized carbons (Fsp3) is 0.300. The molecule has 1 amide bonds. The first-order chi connectivity index (χ1) is 7.44. The van der Waals surface area contributed by atoms with E-state index in [9.17, 15) is 18.0 Å². The van der Waals surface area contributed by atoms with Crippen molar-refractivity contribution in [3.63, 3.8) is 0 Å². The van der Waals surface area contributed by atoms with E-state index in [0.29, 0.717) is 6.54 Å². The van der Waals surface area contributed by atoms with Gasteiger partial charge in [-0.15, -0.1) is 0 Å². The molecule has 0 aromatic heterocycles. The predicted molar refractivity (Wildman–Crippen MR) is 56.4 cm³/mol. The third-order valence-electron chi connectivity index (χ3n) is 1.69. The zero-order valence-corrected chi connectivity index (χ0v) is 9.28. The number of thioether (sulfide) groups is 1. The lowest BCUT2D eigenvalue weighted by atomic mass is 10.2. The second-order valence-corrected chi connectivity index (χ2v) is 4.01. The molecule has 0 aliphatic heterocycles. The predicted octanol–water partition coefficient (Wildman–Crippen LogP) is 3.05. The van der Waals surface area contributed by atoms with Crippen LogP contribution in [-0.2, 0) is 0 Å². The summed E-state index contributed by atoms with van der Waals surface area (Å²) in [6.45, 7) is 2.08. The highest BCUT2D eigenvalue weighted by molar-refractivity contribution is 8.00. The molecule has 2 nitrogen and oxygen atoms in total. The van der Waals surface area contributed by atoms with Gasteiger partial charge in [0.2, 0.25) is 0 Å². The minimum absolute atomic E-state index is 0.0478. The van der Waals surface area contributed by atoms with Gasteiger partial charge in [0.25, 0.3) is 5.91 Å². The fourth-order valence-corrected chi connectivity index (χ4v) is 1.79. The van der Waals surface area contributed by atoms with E-state index in [1.807, 2.05) is 0 Å². The number of rotatable bonds is 3. The van der Waals surface area contributed by atoms with Gasteiger partial charge >= 0.3 is 5.51 Å². The van der Waals surface area contributed by atoms with Crippen LogP contribution in [0.15, 0.2) is 29.2 Å². The second kappa shape index (κ2) is 5.25. The van der Waals surface area contributed by atoms with Gasteiger partial charge in [0, 0.05) is 11.4 Å². The van der Waals surface area contributed by atoms with Gasteiger partial charge in [-0.2, -0.15) is 13.2 Å². The molecular weight excluding hydrogens is 239 g/mol. The van der Waals surface area contributed by atoms with Crippen molar-refractivity contribution in [1.29, 1.82) is 0 Å². The number of halogens is 3. The molecule has 0 saturated heterocycles. The summed E-state index contributed by atoms with van der Waals surface area (Å²) < 4.78 is 36.6. The highest BCUT2D eigenvalue weighted by Crippen LogP contribution is 2.38. The van der Waals surface area contributed by atoms with Crippen molar-refractivity contribution in [3.05, 3.63) is 29.8 Å². The van der Waals surface area contributed by atoms with Crippen LogP contribution in [0.25, 0.3) is 0 Å². The van der Waals surface area contributed by atoms with Crippen molar-refractivity contribution in [1.82, 2.24) is 5.32 Å². The summed E-state index contributed by atoms with van der Waals surface area (Å²) in [5.41, 5.74) is -4.34. The number of hydrogen-bond donors (Lipinski definition) is 1. The minimum atomic E-state index is -4.39. The van der Waals surface area contributed by atoms with E-state index in [2.05, 4.69) is 5.32 Å². The normalized spacial score (nSPS) is 11.2. The number of benzene rings is 1. The van der Waals surface area contributed by atoms with E-state index in [1.54, 1.807) is 6.92 Å². The number of carbonyl (C=O) groups excluding carboxylic acids is 1. The second-order valence-electron chi connectivity index (χ2n) is 2.90. The summed E-state index contributed by atoms with van der Waals surface area (Å²) in [6, 6.07) is 5.66. The zero-order valence-electron chi connectivity index (χ0n) is 8.47. The van der Waals surface area contributed by atoms with Crippen LogP contribution in [0.4, 0.5) is 13.2 Å². The van der Waals surface area contributed by atoms with Crippen LogP contribution in [0.2, 0.25) is 0 Å². The quantitative estimate of drug-likeness (QED) is 0.834. The lowest BCUT2D eigenvalue weighted by molar-refractivity contribution is -0.0328. The maximum absolute atomic E-state index is 12.2. The molecule has 0 fully saturated rings. The van der Waals surface area contributed by atoms with Crippen LogP contribution in [-0.4, -0.2) is 18.0 Å². The molecule has 1 aromatic rings. The first-order valence-corrected chi connectivity index (χ1v) is 5.38. The van der Waals surface area contributed by atoms with Crippen LogP contribution in [0, 0.1) is 0 Å². The molecule has 0 unspecified atom stereocenters. The third kappa shape index (κ3) is 3.77. The SMILES string of the molecule is CCNC(=O)c1ccccc1SC(F)(F)F. The highest BCUT2D eigenvalue weighted by atomic mass is 32.2. The van der Waals surface area contributed by atoms with Crippen molar-refractivity contribution in [2.75, 3.05) is 6.54 Å². The lowest BCUT2D eigenvalue weighted by Gasteiger charge is -2.10. The van der Waals surface area contributed by atoms with Crippen LogP contribution in [0.3, 0.4) is 0 Å². The smallest absolute Gasteiger partial charge is 0.352 e. The minimum Gasteiger partial charge on any atom is -0.352 e. The molecule has 0 heterocycles. The average molecular weight is 249 g/mol. The summed E-state index contributed by atoms with van der Waals surface area (Å²) in [5.74, 6) is -0.491. The standard InChI is InChI=1S/C10H10F3NOS/c1-2-14-9(15)7-5-3-4-6-8(7)16-10(11,12)13/h3-6H,2H2,1H3,(H,14,15). The molecule has 1 aromatic carbocycles. The van der Waals surface area contributed by atoms with Gasteiger partial charge in [-0.1, -0.05) is 12.1 Å². The summed E-state index contributed by atoms with van der Waals surface area (Å²) in [5, 5.41) is 2.47. The Bertz CT molecular complexity index is 379. The maximum Gasteiger partial charge on any atom is 0.446 e. The Hall–Kier alpha value is -1.17. The fourth-order valence-electron chi connectivity index (χ4n) is 1.12.